The highest BCUT2D eigenvalue weighted by atomic mass is 16.1. The molecule has 30 heavy (non-hydrogen) atoms. The number of carbonyl (C=O) groups is 1. The Balaban J connectivity index is 0.00000181. The lowest BCUT2D eigenvalue weighted by Gasteiger charge is -2.27. The normalized spacial score (nSPS) is 16.9. The van der Waals surface area contributed by atoms with Crippen LogP contribution in [-0.4, -0.2) is 19.0 Å². The molecule has 1 aliphatic rings. The van der Waals surface area contributed by atoms with Crippen molar-refractivity contribution in [2.24, 2.45) is 0 Å². The van der Waals surface area contributed by atoms with Gasteiger partial charge in [-0.2, -0.15) is 0 Å². The maximum Gasteiger partial charge on any atom is 0.252 e. The maximum absolute atomic E-state index is 13.2. The van der Waals surface area contributed by atoms with Crippen molar-refractivity contribution in [3.63, 3.8) is 0 Å². The molecule has 0 aromatic heterocycles. The third kappa shape index (κ3) is 3.91. The maximum atomic E-state index is 13.2. The van der Waals surface area contributed by atoms with Crippen LogP contribution in [0, 0.1) is 19.1 Å². The smallest absolute Gasteiger partial charge is 0.252 e. The summed E-state index contributed by atoms with van der Waals surface area (Å²) in [6.07, 6.45) is 3.24. The van der Waals surface area contributed by atoms with Gasteiger partial charge in [0.1, 0.15) is 0 Å². The van der Waals surface area contributed by atoms with Gasteiger partial charge in [-0.3, -0.25) is 4.79 Å². The standard InChI is InChI=1S/C27H28N2O.3H2/c1-18-12-14-22(16-18)29(4)23-15-13-19(2)26(17-23)27(30)28-20(3)24-11-7-9-21-8-5-6-10-25(21)24;;;/h6-7,9-11,13,15,17,20,22H,1,12,14,16H2,2-4H3,(H,28,30);3*1H/t20-,22?;;;/m1.../s1. The van der Waals surface area contributed by atoms with E-state index in [4.69, 9.17) is 0 Å². The van der Waals surface area contributed by atoms with Crippen molar-refractivity contribution >= 4 is 22.4 Å². The molecule has 4 rings (SSSR count). The topological polar surface area (TPSA) is 32.3 Å². The highest BCUT2D eigenvalue weighted by molar-refractivity contribution is 5.97. The van der Waals surface area contributed by atoms with Crippen molar-refractivity contribution in [2.75, 3.05) is 11.9 Å². The van der Waals surface area contributed by atoms with Crippen molar-refractivity contribution in [3.8, 4) is 0 Å². The largest absolute Gasteiger partial charge is 0.371 e. The Morgan fingerprint density at radius 1 is 1.30 bits per heavy atom. The average Bonchev–Trinajstić information content (AvgIpc) is 3.19. The predicted octanol–water partition coefficient (Wildman–Crippen LogP) is 6.52. The van der Waals surface area contributed by atoms with Crippen LogP contribution in [0.15, 0.2) is 60.7 Å². The number of anilines is 1. The van der Waals surface area contributed by atoms with Gasteiger partial charge in [0.05, 0.1) is 6.04 Å². The van der Waals surface area contributed by atoms with Crippen molar-refractivity contribution in [1.29, 1.82) is 0 Å². The van der Waals surface area contributed by atoms with Gasteiger partial charge in [-0.15, -0.1) is 0 Å². The first-order valence-corrected chi connectivity index (χ1v) is 10.6. The molecule has 3 aromatic rings. The van der Waals surface area contributed by atoms with E-state index in [0.717, 1.165) is 52.4 Å². The fourth-order valence-electron chi connectivity index (χ4n) is 4.38. The van der Waals surface area contributed by atoms with Crippen LogP contribution < -0.4 is 10.2 Å². The van der Waals surface area contributed by atoms with Crippen LogP contribution in [-0.2, 0) is 0 Å². The van der Waals surface area contributed by atoms with Gasteiger partial charge in [0.15, 0.2) is 0 Å². The van der Waals surface area contributed by atoms with E-state index in [0.29, 0.717) is 6.04 Å². The lowest BCUT2D eigenvalue weighted by molar-refractivity contribution is 0.0939. The summed E-state index contributed by atoms with van der Waals surface area (Å²) in [4.78, 5) is 15.5. The van der Waals surface area contributed by atoms with Gasteiger partial charge in [-0.25, -0.2) is 0 Å². The van der Waals surface area contributed by atoms with Crippen LogP contribution in [0.25, 0.3) is 10.8 Å². The van der Waals surface area contributed by atoms with Crippen LogP contribution in [0.2, 0.25) is 0 Å². The number of hydrogen-bond donors (Lipinski definition) is 1. The van der Waals surface area contributed by atoms with Gasteiger partial charge in [0.2, 0.25) is 0 Å². The summed E-state index contributed by atoms with van der Waals surface area (Å²) in [5, 5.41) is 5.29. The van der Waals surface area contributed by atoms with E-state index in [9.17, 15) is 4.79 Å². The van der Waals surface area contributed by atoms with Crippen molar-refractivity contribution in [2.45, 2.75) is 45.2 Å². The second kappa shape index (κ2) is 8.24. The van der Waals surface area contributed by atoms with Crippen molar-refractivity contribution in [1.82, 2.24) is 5.32 Å². The molecule has 1 amide bonds. The van der Waals surface area contributed by atoms with E-state index in [-0.39, 0.29) is 16.2 Å². The number of carbonyl (C=O) groups excluding carboxylic acids is 1. The number of fused-ring (bicyclic) bond motifs is 1. The molecular weight excluding hydrogens is 368 g/mol. The molecular formula is C27H34N2O. The zero-order chi connectivity index (χ0) is 21.3. The molecule has 3 heteroatoms. The quantitative estimate of drug-likeness (QED) is 0.493. The minimum Gasteiger partial charge on any atom is -0.371 e. The molecule has 1 unspecified atom stereocenters. The monoisotopic (exact) mass is 402 g/mol. The molecule has 1 fully saturated rings. The number of aryl methyl sites for hydroxylation is 1. The fraction of sp³-hybridized carbons (Fsp3) is 0.296. The third-order valence-corrected chi connectivity index (χ3v) is 6.27. The van der Waals surface area contributed by atoms with E-state index >= 15 is 0 Å². The minimum absolute atomic E-state index is 0. The molecule has 1 N–H and O–H groups in total. The van der Waals surface area contributed by atoms with Gasteiger partial charge < -0.3 is 10.2 Å². The Kier molecular flexibility index (Phi) is 5.50. The number of rotatable bonds is 5. The van der Waals surface area contributed by atoms with Crippen LogP contribution in [0.3, 0.4) is 0 Å². The minimum atomic E-state index is -0.115. The van der Waals surface area contributed by atoms with Crippen LogP contribution in [0.1, 0.15) is 58.0 Å². The lowest BCUT2D eigenvalue weighted by atomic mass is 9.99. The number of nitrogens with one attached hydrogen (secondary N) is 1. The van der Waals surface area contributed by atoms with Crippen LogP contribution >= 0.6 is 0 Å². The molecule has 0 radical (unpaired) electrons. The molecule has 0 aliphatic heterocycles. The van der Waals surface area contributed by atoms with E-state index < -0.39 is 0 Å². The average molecular weight is 403 g/mol. The summed E-state index contributed by atoms with van der Waals surface area (Å²) >= 11 is 0. The molecule has 0 bridgehead atoms. The van der Waals surface area contributed by atoms with Gasteiger partial charge in [0.25, 0.3) is 5.91 Å². The van der Waals surface area contributed by atoms with Crippen molar-refractivity contribution < 1.29 is 9.07 Å². The highest BCUT2D eigenvalue weighted by Crippen LogP contribution is 2.31. The number of nitrogens with zero attached hydrogens (tertiary/aromatic N) is 1. The van der Waals surface area contributed by atoms with Gasteiger partial charge in [-0.05, 0) is 80.0 Å². The van der Waals surface area contributed by atoms with Crippen LogP contribution in [0.5, 0.6) is 0 Å². The molecule has 0 saturated heterocycles. The van der Waals surface area contributed by atoms with Gasteiger partial charge >= 0.3 is 0 Å². The first-order chi connectivity index (χ1) is 14.4. The molecule has 0 heterocycles. The molecule has 3 aromatic carbocycles. The van der Waals surface area contributed by atoms with E-state index in [1.54, 1.807) is 0 Å². The first kappa shape index (κ1) is 20.0. The summed E-state index contributed by atoms with van der Waals surface area (Å²) < 4.78 is 0. The zero-order valence-electron chi connectivity index (χ0n) is 18.0. The van der Waals surface area contributed by atoms with Gasteiger partial charge in [-0.1, -0.05) is 42.5 Å². The Labute approximate surface area is 183 Å². The van der Waals surface area contributed by atoms with Crippen LogP contribution in [0.4, 0.5) is 5.69 Å². The lowest BCUT2D eigenvalue weighted by Crippen LogP contribution is -2.30. The van der Waals surface area contributed by atoms with E-state index in [1.165, 1.54) is 5.57 Å². The summed E-state index contributed by atoms with van der Waals surface area (Å²) in [5.41, 5.74) is 5.18. The van der Waals surface area contributed by atoms with Crippen molar-refractivity contribution in [3.05, 3.63) is 89.5 Å². The summed E-state index contributed by atoms with van der Waals surface area (Å²) in [6.45, 7) is 8.14. The second-order valence-electron chi connectivity index (χ2n) is 8.36. The summed E-state index contributed by atoms with van der Waals surface area (Å²) in [5.74, 6) is -0.0467. The molecule has 0 spiro atoms. The summed E-state index contributed by atoms with van der Waals surface area (Å²) in [7, 11) is 2.11. The Morgan fingerprint density at radius 3 is 2.90 bits per heavy atom. The van der Waals surface area contributed by atoms with Gasteiger partial charge in [0, 0.05) is 34.0 Å². The Hall–Kier alpha value is -3.25. The number of benzene rings is 2. The summed E-state index contributed by atoms with van der Waals surface area (Å²) in [6, 6.07) is 22.6. The Bertz CT molecular complexity index is 1110. The third-order valence-electron chi connectivity index (χ3n) is 6.27. The Morgan fingerprint density at radius 2 is 2.13 bits per heavy atom. The predicted molar refractivity (Wildman–Crippen MR) is 130 cm³/mol. The fourth-order valence-corrected chi connectivity index (χ4v) is 4.38. The SMILES string of the molecule is C=C1CCC(N(C)c2ccc(C)c(C(=O)N[C@H](C)c3cccc4c#cccc34)c2)C1.[HH].[HH].[HH]. The highest BCUT2D eigenvalue weighted by Gasteiger charge is 2.23. The second-order valence-corrected chi connectivity index (χ2v) is 8.36. The molecule has 158 valence electrons. The first-order valence-electron chi connectivity index (χ1n) is 10.6. The molecule has 1 aliphatic carbocycles. The number of hydrogen-bond acceptors (Lipinski definition) is 2. The number of amides is 1. The van der Waals surface area contributed by atoms with E-state index in [2.05, 4.69) is 48.1 Å². The molecule has 3 nitrogen and oxygen atoms in total. The molecule has 1 saturated carbocycles. The molecule has 2 atom stereocenters. The van der Waals surface area contributed by atoms with E-state index in [1.807, 2.05) is 50.2 Å². The zero-order valence-corrected chi connectivity index (χ0v) is 18.0.